The van der Waals surface area contributed by atoms with Crippen LogP contribution in [-0.4, -0.2) is 5.97 Å². The molecule has 0 unspecified atom stereocenters. The molecule has 0 bridgehead atoms. The van der Waals surface area contributed by atoms with E-state index in [9.17, 15) is 18.7 Å². The van der Waals surface area contributed by atoms with Gasteiger partial charge in [0.15, 0.2) is 0 Å². The second-order valence-corrected chi connectivity index (χ2v) is 2.28. The molecule has 0 aliphatic rings. The van der Waals surface area contributed by atoms with Gasteiger partial charge in [0.05, 0.1) is 0 Å². The van der Waals surface area contributed by atoms with Crippen molar-refractivity contribution in [2.24, 2.45) is 0 Å². The Morgan fingerprint density at radius 1 is 1.42 bits per heavy atom. The van der Waals surface area contributed by atoms with Crippen LogP contribution in [-0.2, 0) is 11.2 Å². The largest absolute Gasteiger partial charge is 0.550 e. The van der Waals surface area contributed by atoms with Crippen LogP contribution in [0.1, 0.15) is 5.56 Å². The number of hydrogen-bond acceptors (Lipinski definition) is 2. The molecule has 0 aromatic heterocycles. The number of carbonyl (C=O) groups is 1. The van der Waals surface area contributed by atoms with Crippen LogP contribution in [0.3, 0.4) is 0 Å². The normalized spacial score (nSPS) is 9.83. The lowest BCUT2D eigenvalue weighted by atomic mass is 10.1. The first-order valence-electron chi connectivity index (χ1n) is 3.23. The van der Waals surface area contributed by atoms with E-state index in [0.717, 1.165) is 12.1 Å². The van der Waals surface area contributed by atoms with Gasteiger partial charge in [-0.3, -0.25) is 0 Å². The van der Waals surface area contributed by atoms with Gasteiger partial charge in [0.25, 0.3) is 0 Å². The first-order valence-corrected chi connectivity index (χ1v) is 3.23. The first-order chi connectivity index (χ1) is 5.59. The molecular weight excluding hydrogens is 166 g/mol. The fourth-order valence-electron chi connectivity index (χ4n) is 0.821. The van der Waals surface area contributed by atoms with Gasteiger partial charge in [-0.1, -0.05) is 6.07 Å². The molecule has 0 aliphatic carbocycles. The molecule has 0 spiro atoms. The number of carboxylic acids is 1. The number of benzene rings is 1. The second-order valence-electron chi connectivity index (χ2n) is 2.28. The van der Waals surface area contributed by atoms with E-state index in [4.69, 9.17) is 0 Å². The van der Waals surface area contributed by atoms with Crippen molar-refractivity contribution in [2.45, 2.75) is 6.42 Å². The number of carboxylic acid groups (broad SMARTS) is 1. The van der Waals surface area contributed by atoms with Gasteiger partial charge in [-0.25, -0.2) is 8.78 Å². The van der Waals surface area contributed by atoms with E-state index in [2.05, 4.69) is 0 Å². The zero-order chi connectivity index (χ0) is 9.14. The van der Waals surface area contributed by atoms with Gasteiger partial charge >= 0.3 is 0 Å². The highest BCUT2D eigenvalue weighted by Gasteiger charge is 2.02. The summed E-state index contributed by atoms with van der Waals surface area (Å²) in [7, 11) is 0. The third-order valence-corrected chi connectivity index (χ3v) is 1.35. The summed E-state index contributed by atoms with van der Waals surface area (Å²) in [6, 6.07) is 2.72. The van der Waals surface area contributed by atoms with Crippen LogP contribution in [0.4, 0.5) is 8.78 Å². The minimum atomic E-state index is -1.39. The smallest absolute Gasteiger partial charge is 0.129 e. The number of rotatable bonds is 2. The van der Waals surface area contributed by atoms with Gasteiger partial charge in [0.2, 0.25) is 0 Å². The van der Waals surface area contributed by atoms with Crippen LogP contribution < -0.4 is 5.11 Å². The van der Waals surface area contributed by atoms with Crippen molar-refractivity contribution in [1.82, 2.24) is 0 Å². The fraction of sp³-hybridized carbons (Fsp3) is 0.125. The molecule has 0 saturated carbocycles. The van der Waals surface area contributed by atoms with Crippen molar-refractivity contribution in [2.75, 3.05) is 0 Å². The number of hydrogen-bond donors (Lipinski definition) is 0. The molecule has 0 atom stereocenters. The van der Waals surface area contributed by atoms with Gasteiger partial charge in [0.1, 0.15) is 11.6 Å². The molecule has 1 aromatic rings. The number of halogens is 2. The third kappa shape index (κ3) is 2.02. The standard InChI is InChI=1S/C8H6F2O2/c9-6-2-1-5(3-8(11)12)7(10)4-6/h1-2,4H,3H2,(H,11,12)/p-1. The lowest BCUT2D eigenvalue weighted by Gasteiger charge is -2.02. The van der Waals surface area contributed by atoms with Crippen LogP contribution in [0.5, 0.6) is 0 Å². The molecular formula is C8H5F2O2-. The molecule has 0 N–H and O–H groups in total. The molecule has 2 nitrogen and oxygen atoms in total. The van der Waals surface area contributed by atoms with Crippen LogP contribution >= 0.6 is 0 Å². The summed E-state index contributed by atoms with van der Waals surface area (Å²) in [5.74, 6) is -2.98. The summed E-state index contributed by atoms with van der Waals surface area (Å²) in [6.07, 6.45) is -0.536. The molecule has 4 heteroatoms. The molecule has 0 radical (unpaired) electrons. The van der Waals surface area contributed by atoms with Gasteiger partial charge in [0, 0.05) is 18.5 Å². The lowest BCUT2D eigenvalue weighted by molar-refractivity contribution is -0.304. The fourth-order valence-corrected chi connectivity index (χ4v) is 0.821. The van der Waals surface area contributed by atoms with Crippen LogP contribution in [0.25, 0.3) is 0 Å². The summed E-state index contributed by atoms with van der Waals surface area (Å²) in [4.78, 5) is 10.0. The Morgan fingerprint density at radius 3 is 2.58 bits per heavy atom. The predicted octanol–water partition coefficient (Wildman–Crippen LogP) is 0.257. The van der Waals surface area contributed by atoms with Gasteiger partial charge in [-0.05, 0) is 11.6 Å². The maximum absolute atomic E-state index is 12.7. The van der Waals surface area contributed by atoms with E-state index >= 15 is 0 Å². The Balaban J connectivity index is 2.93. The van der Waals surface area contributed by atoms with Crippen molar-refractivity contribution >= 4 is 5.97 Å². The van der Waals surface area contributed by atoms with Crippen molar-refractivity contribution < 1.29 is 18.7 Å². The lowest BCUT2D eigenvalue weighted by Crippen LogP contribution is -2.24. The van der Waals surface area contributed by atoms with Crippen molar-refractivity contribution in [3.05, 3.63) is 35.4 Å². The molecule has 0 fully saturated rings. The molecule has 0 amide bonds. The Morgan fingerprint density at radius 2 is 2.08 bits per heavy atom. The topological polar surface area (TPSA) is 40.1 Å². The number of aliphatic carboxylic acids is 1. The monoisotopic (exact) mass is 171 g/mol. The highest BCUT2D eigenvalue weighted by atomic mass is 19.1. The Kier molecular flexibility index (Phi) is 2.38. The predicted molar refractivity (Wildman–Crippen MR) is 35.1 cm³/mol. The highest BCUT2D eigenvalue weighted by molar-refractivity contribution is 5.67. The van der Waals surface area contributed by atoms with Gasteiger partial charge in [-0.2, -0.15) is 0 Å². The zero-order valence-corrected chi connectivity index (χ0v) is 6.01. The summed E-state index contributed by atoms with van der Waals surface area (Å²) < 4.78 is 25.0. The molecule has 64 valence electrons. The molecule has 1 aromatic carbocycles. The van der Waals surface area contributed by atoms with Crippen molar-refractivity contribution in [3.63, 3.8) is 0 Å². The molecule has 0 aliphatic heterocycles. The quantitative estimate of drug-likeness (QED) is 0.640. The van der Waals surface area contributed by atoms with Crippen LogP contribution in [0.2, 0.25) is 0 Å². The second kappa shape index (κ2) is 3.30. The SMILES string of the molecule is O=C([O-])Cc1ccc(F)cc1F. The first kappa shape index (κ1) is 8.64. The number of carbonyl (C=O) groups excluding carboxylic acids is 1. The molecule has 1 rings (SSSR count). The van der Waals surface area contributed by atoms with Crippen molar-refractivity contribution in [3.8, 4) is 0 Å². The van der Waals surface area contributed by atoms with Crippen LogP contribution in [0, 0.1) is 11.6 Å². The van der Waals surface area contributed by atoms with Gasteiger partial charge in [-0.15, -0.1) is 0 Å². The summed E-state index contributed by atoms with van der Waals surface area (Å²) in [5, 5.41) is 10.0. The van der Waals surface area contributed by atoms with E-state index in [1.54, 1.807) is 0 Å². The summed E-state index contributed by atoms with van der Waals surface area (Å²) in [5.41, 5.74) is -0.0728. The zero-order valence-electron chi connectivity index (χ0n) is 6.01. The Bertz CT molecular complexity index is 310. The molecule has 0 saturated heterocycles. The Labute approximate surface area is 67.4 Å². The molecule has 12 heavy (non-hydrogen) atoms. The van der Waals surface area contributed by atoms with E-state index in [-0.39, 0.29) is 5.56 Å². The average molecular weight is 171 g/mol. The van der Waals surface area contributed by atoms with Gasteiger partial charge < -0.3 is 9.90 Å². The van der Waals surface area contributed by atoms with Crippen LogP contribution in [0.15, 0.2) is 18.2 Å². The van der Waals surface area contributed by atoms with E-state index < -0.39 is 24.0 Å². The average Bonchev–Trinajstić information content (AvgIpc) is 1.94. The minimum absolute atomic E-state index is 0.0728. The highest BCUT2D eigenvalue weighted by Crippen LogP contribution is 2.09. The Hall–Kier alpha value is -1.45. The maximum atomic E-state index is 12.7. The summed E-state index contributed by atoms with van der Waals surface area (Å²) >= 11 is 0. The summed E-state index contributed by atoms with van der Waals surface area (Å²) in [6.45, 7) is 0. The third-order valence-electron chi connectivity index (χ3n) is 1.35. The van der Waals surface area contributed by atoms with E-state index in [1.807, 2.05) is 0 Å². The van der Waals surface area contributed by atoms with E-state index in [1.165, 1.54) is 0 Å². The molecule has 0 heterocycles. The van der Waals surface area contributed by atoms with Crippen molar-refractivity contribution in [1.29, 1.82) is 0 Å². The minimum Gasteiger partial charge on any atom is -0.550 e. The van der Waals surface area contributed by atoms with E-state index in [0.29, 0.717) is 6.07 Å². The maximum Gasteiger partial charge on any atom is 0.129 e.